The molecule has 0 saturated carbocycles. The Morgan fingerprint density at radius 1 is 0.349 bits per heavy atom. The Hall–Kier alpha value is -5.87. The van der Waals surface area contributed by atoms with E-state index in [1.165, 1.54) is 0 Å². The minimum atomic E-state index is 0.597. The number of nitrogens with zero attached hydrogens (tertiary/aromatic N) is 3. The Bertz CT molecular complexity index is 2220. The van der Waals surface area contributed by atoms with Crippen LogP contribution < -0.4 is 0 Å². The van der Waals surface area contributed by atoms with E-state index in [9.17, 15) is 0 Å². The summed E-state index contributed by atoms with van der Waals surface area (Å²) in [7, 11) is 0. The normalized spacial score (nSPS) is 11.3. The molecular weight excluding hydrogens is 526 g/mol. The molecule has 0 atom stereocenters. The molecule has 0 spiro atoms. The van der Waals surface area contributed by atoms with E-state index in [-0.39, 0.29) is 0 Å². The van der Waals surface area contributed by atoms with Crippen LogP contribution >= 0.6 is 0 Å². The molecule has 0 unspecified atom stereocenters. The lowest BCUT2D eigenvalue weighted by Gasteiger charge is -2.09. The van der Waals surface area contributed by atoms with Gasteiger partial charge in [0.05, 0.1) is 0 Å². The molecule has 8 aromatic rings. The van der Waals surface area contributed by atoms with Gasteiger partial charge in [-0.2, -0.15) is 0 Å². The van der Waals surface area contributed by atoms with Crippen LogP contribution in [0.4, 0.5) is 0 Å². The van der Waals surface area contributed by atoms with Crippen molar-refractivity contribution in [1.29, 1.82) is 0 Å². The van der Waals surface area contributed by atoms with Crippen molar-refractivity contribution < 1.29 is 4.42 Å². The number of aromatic nitrogens is 3. The first-order chi connectivity index (χ1) is 21.3. The third kappa shape index (κ3) is 4.65. The average Bonchev–Trinajstić information content (AvgIpc) is 3.47. The minimum absolute atomic E-state index is 0.597. The number of hydrogen-bond acceptors (Lipinski definition) is 4. The van der Waals surface area contributed by atoms with E-state index < -0.39 is 0 Å². The second-order valence-corrected chi connectivity index (χ2v) is 10.5. The molecular formula is C39H25N3O. The highest BCUT2D eigenvalue weighted by Gasteiger charge is 2.16. The van der Waals surface area contributed by atoms with Crippen molar-refractivity contribution in [2.24, 2.45) is 0 Å². The Morgan fingerprint density at radius 3 is 1.58 bits per heavy atom. The Balaban J connectivity index is 1.28. The predicted molar refractivity (Wildman–Crippen MR) is 174 cm³/mol. The van der Waals surface area contributed by atoms with Gasteiger partial charge in [0.2, 0.25) is 0 Å². The number of benzene rings is 6. The van der Waals surface area contributed by atoms with Gasteiger partial charge in [-0.05, 0) is 34.9 Å². The summed E-state index contributed by atoms with van der Waals surface area (Å²) < 4.78 is 6.52. The first kappa shape index (κ1) is 24.9. The first-order valence-electron chi connectivity index (χ1n) is 14.3. The highest BCUT2D eigenvalue weighted by molar-refractivity contribution is 6.10. The molecule has 2 heterocycles. The molecule has 0 aliphatic carbocycles. The number of fused-ring (bicyclic) bond motifs is 3. The van der Waals surface area contributed by atoms with Crippen molar-refractivity contribution in [3.05, 3.63) is 152 Å². The summed E-state index contributed by atoms with van der Waals surface area (Å²) in [6.07, 6.45) is 0. The average molecular weight is 552 g/mol. The summed E-state index contributed by atoms with van der Waals surface area (Å²) in [5.41, 5.74) is 8.86. The number of hydrogen-bond donors (Lipinski definition) is 0. The molecule has 4 heteroatoms. The Labute approximate surface area is 249 Å². The first-order valence-corrected chi connectivity index (χ1v) is 14.3. The van der Waals surface area contributed by atoms with Gasteiger partial charge in [0.15, 0.2) is 17.5 Å². The molecule has 0 amide bonds. The number of furan rings is 1. The van der Waals surface area contributed by atoms with Crippen molar-refractivity contribution in [3.8, 4) is 56.4 Å². The van der Waals surface area contributed by atoms with Crippen molar-refractivity contribution >= 4 is 21.9 Å². The molecule has 4 nitrogen and oxygen atoms in total. The van der Waals surface area contributed by atoms with Crippen LogP contribution in [0.25, 0.3) is 78.4 Å². The second-order valence-electron chi connectivity index (χ2n) is 10.5. The van der Waals surface area contributed by atoms with Crippen molar-refractivity contribution in [2.45, 2.75) is 0 Å². The standard InChI is InChI=1S/C39H25N3O/c1-4-12-26(13-5-1)29-18-10-19-30(24-29)38-40-37(28-16-8-3-9-17-28)41-39(42-38)31-22-23-33-34-21-11-20-32(27-14-6-2-7-15-27)36(34)43-35(33)25-31/h1-25H. The van der Waals surface area contributed by atoms with E-state index in [1.807, 2.05) is 84.9 Å². The maximum absolute atomic E-state index is 6.52. The van der Waals surface area contributed by atoms with Gasteiger partial charge in [-0.15, -0.1) is 0 Å². The van der Waals surface area contributed by atoms with Crippen molar-refractivity contribution in [1.82, 2.24) is 15.0 Å². The summed E-state index contributed by atoms with van der Waals surface area (Å²) in [6.45, 7) is 0. The molecule has 202 valence electrons. The Kier molecular flexibility index (Phi) is 6.08. The van der Waals surface area contributed by atoms with Crippen LogP contribution in [0.3, 0.4) is 0 Å². The van der Waals surface area contributed by atoms with Gasteiger partial charge in [-0.1, -0.05) is 133 Å². The molecule has 0 fully saturated rings. The lowest BCUT2D eigenvalue weighted by atomic mass is 10.0. The second kappa shape index (κ2) is 10.5. The molecule has 0 aliphatic rings. The van der Waals surface area contributed by atoms with Crippen LogP contribution in [0, 0.1) is 0 Å². The summed E-state index contributed by atoms with van der Waals surface area (Å²) >= 11 is 0. The van der Waals surface area contributed by atoms with E-state index in [0.717, 1.165) is 60.9 Å². The topological polar surface area (TPSA) is 51.8 Å². The van der Waals surface area contributed by atoms with Gasteiger partial charge in [0.1, 0.15) is 11.2 Å². The molecule has 0 radical (unpaired) electrons. The van der Waals surface area contributed by atoms with Crippen molar-refractivity contribution in [2.75, 3.05) is 0 Å². The monoisotopic (exact) mass is 551 g/mol. The summed E-state index contributed by atoms with van der Waals surface area (Å²) in [5.74, 6) is 1.85. The van der Waals surface area contributed by atoms with Crippen LogP contribution in [0.5, 0.6) is 0 Å². The van der Waals surface area contributed by atoms with Gasteiger partial charge in [-0.3, -0.25) is 0 Å². The highest BCUT2D eigenvalue weighted by atomic mass is 16.3. The number of para-hydroxylation sites is 1. The van der Waals surface area contributed by atoms with Crippen LogP contribution in [-0.4, -0.2) is 15.0 Å². The van der Waals surface area contributed by atoms with Crippen LogP contribution in [-0.2, 0) is 0 Å². The maximum atomic E-state index is 6.52. The van der Waals surface area contributed by atoms with Gasteiger partial charge in [-0.25, -0.2) is 15.0 Å². The van der Waals surface area contributed by atoms with E-state index in [1.54, 1.807) is 0 Å². The van der Waals surface area contributed by atoms with E-state index >= 15 is 0 Å². The molecule has 0 bridgehead atoms. The van der Waals surface area contributed by atoms with Gasteiger partial charge >= 0.3 is 0 Å². The lowest BCUT2D eigenvalue weighted by Crippen LogP contribution is -2.00. The summed E-state index contributed by atoms with van der Waals surface area (Å²) in [4.78, 5) is 14.9. The minimum Gasteiger partial charge on any atom is -0.455 e. The van der Waals surface area contributed by atoms with E-state index in [0.29, 0.717) is 17.5 Å². The molecule has 6 aromatic carbocycles. The SMILES string of the molecule is c1ccc(-c2cccc(-c3nc(-c4ccccc4)nc(-c4ccc5c(c4)oc4c(-c6ccccc6)cccc45)n3)c2)cc1. The molecule has 0 N–H and O–H groups in total. The smallest absolute Gasteiger partial charge is 0.164 e. The molecule has 2 aromatic heterocycles. The third-order valence-corrected chi connectivity index (χ3v) is 7.74. The van der Waals surface area contributed by atoms with Gasteiger partial charge in [0.25, 0.3) is 0 Å². The van der Waals surface area contributed by atoms with Gasteiger partial charge < -0.3 is 4.42 Å². The summed E-state index contributed by atoms with van der Waals surface area (Å²) in [6, 6.07) is 51.6. The lowest BCUT2D eigenvalue weighted by molar-refractivity contribution is 0.670. The third-order valence-electron chi connectivity index (χ3n) is 7.74. The molecule has 0 aliphatic heterocycles. The van der Waals surface area contributed by atoms with Crippen molar-refractivity contribution in [3.63, 3.8) is 0 Å². The molecule has 43 heavy (non-hydrogen) atoms. The van der Waals surface area contributed by atoms with E-state index in [2.05, 4.69) is 66.7 Å². The zero-order valence-corrected chi connectivity index (χ0v) is 23.2. The molecule has 0 saturated heterocycles. The fourth-order valence-electron chi connectivity index (χ4n) is 5.60. The van der Waals surface area contributed by atoms with Crippen LogP contribution in [0.15, 0.2) is 156 Å². The zero-order chi connectivity index (χ0) is 28.6. The molecule has 8 rings (SSSR count). The largest absolute Gasteiger partial charge is 0.455 e. The fraction of sp³-hybridized carbons (Fsp3) is 0. The maximum Gasteiger partial charge on any atom is 0.164 e. The van der Waals surface area contributed by atoms with Crippen LogP contribution in [0.2, 0.25) is 0 Å². The van der Waals surface area contributed by atoms with Gasteiger partial charge in [0, 0.05) is 33.0 Å². The Morgan fingerprint density at radius 2 is 0.884 bits per heavy atom. The fourth-order valence-corrected chi connectivity index (χ4v) is 5.60. The zero-order valence-electron chi connectivity index (χ0n) is 23.2. The highest BCUT2D eigenvalue weighted by Crippen LogP contribution is 2.37. The van der Waals surface area contributed by atoms with E-state index in [4.69, 9.17) is 19.4 Å². The number of rotatable bonds is 5. The predicted octanol–water partition coefficient (Wildman–Crippen LogP) is 10.1. The summed E-state index contributed by atoms with van der Waals surface area (Å²) in [5, 5.41) is 2.14. The quantitative estimate of drug-likeness (QED) is 0.214. The van der Waals surface area contributed by atoms with Crippen LogP contribution in [0.1, 0.15) is 0 Å².